The van der Waals surface area contributed by atoms with Gasteiger partial charge in [-0.05, 0) is 49.2 Å². The van der Waals surface area contributed by atoms with Gasteiger partial charge < -0.3 is 14.5 Å². The highest BCUT2D eigenvalue weighted by atomic mass is 32.1. The number of hydrogen-bond acceptors (Lipinski definition) is 5. The Morgan fingerprint density at radius 1 is 1.21 bits per heavy atom. The largest absolute Gasteiger partial charge is 0.494 e. The van der Waals surface area contributed by atoms with Crippen molar-refractivity contribution in [3.63, 3.8) is 0 Å². The van der Waals surface area contributed by atoms with Crippen molar-refractivity contribution < 1.29 is 13.9 Å². The molecule has 0 spiro atoms. The van der Waals surface area contributed by atoms with Crippen molar-refractivity contribution in [2.75, 3.05) is 11.9 Å². The summed E-state index contributed by atoms with van der Waals surface area (Å²) < 4.78 is 11.2. The fourth-order valence-corrected chi connectivity index (χ4v) is 3.81. The Labute approximate surface area is 173 Å². The minimum Gasteiger partial charge on any atom is -0.494 e. The van der Waals surface area contributed by atoms with Crippen LogP contribution in [0.2, 0.25) is 0 Å². The predicted octanol–water partition coefficient (Wildman–Crippen LogP) is 5.83. The SMILES string of the molecule is CCCOc1ccc(-c2csc(NC(=O)Cc3coc4cc(C)ccc34)n2)cc1. The summed E-state index contributed by atoms with van der Waals surface area (Å²) in [7, 11) is 0. The molecule has 148 valence electrons. The van der Waals surface area contributed by atoms with Gasteiger partial charge in [0.1, 0.15) is 11.3 Å². The predicted molar refractivity (Wildman–Crippen MR) is 117 cm³/mol. The molecule has 4 aromatic rings. The summed E-state index contributed by atoms with van der Waals surface area (Å²) in [4.78, 5) is 17.0. The Balaban J connectivity index is 1.41. The van der Waals surface area contributed by atoms with Crippen LogP contribution in [0.4, 0.5) is 5.13 Å². The summed E-state index contributed by atoms with van der Waals surface area (Å²) in [6.45, 7) is 4.80. The Kier molecular flexibility index (Phi) is 5.62. The van der Waals surface area contributed by atoms with Crippen LogP contribution < -0.4 is 10.1 Å². The maximum atomic E-state index is 12.5. The van der Waals surface area contributed by atoms with E-state index in [2.05, 4.69) is 17.2 Å². The van der Waals surface area contributed by atoms with Gasteiger partial charge in [0, 0.05) is 21.9 Å². The molecule has 0 unspecified atom stereocenters. The smallest absolute Gasteiger partial charge is 0.230 e. The molecule has 29 heavy (non-hydrogen) atoms. The molecule has 4 rings (SSSR count). The van der Waals surface area contributed by atoms with E-state index in [0.717, 1.165) is 45.5 Å². The van der Waals surface area contributed by atoms with Gasteiger partial charge in [0.15, 0.2) is 5.13 Å². The number of fused-ring (bicyclic) bond motifs is 1. The number of aromatic nitrogens is 1. The first-order valence-corrected chi connectivity index (χ1v) is 10.5. The number of ether oxygens (including phenoxy) is 1. The molecular weight excluding hydrogens is 384 g/mol. The molecule has 0 aliphatic heterocycles. The Morgan fingerprint density at radius 2 is 2.03 bits per heavy atom. The Hall–Kier alpha value is -3.12. The minimum absolute atomic E-state index is 0.113. The van der Waals surface area contributed by atoms with Crippen molar-refractivity contribution in [1.82, 2.24) is 4.98 Å². The van der Waals surface area contributed by atoms with Crippen LogP contribution >= 0.6 is 11.3 Å². The Bertz CT molecular complexity index is 1130. The maximum Gasteiger partial charge on any atom is 0.230 e. The van der Waals surface area contributed by atoms with Crippen LogP contribution in [0.15, 0.2) is 58.5 Å². The van der Waals surface area contributed by atoms with E-state index in [-0.39, 0.29) is 12.3 Å². The first-order chi connectivity index (χ1) is 14.1. The number of rotatable bonds is 7. The molecule has 0 fully saturated rings. The summed E-state index contributed by atoms with van der Waals surface area (Å²) in [6.07, 6.45) is 2.87. The van der Waals surface area contributed by atoms with Crippen LogP contribution in [0.1, 0.15) is 24.5 Å². The standard InChI is InChI=1S/C23H22N2O3S/c1-3-10-27-18-7-5-16(6-8-18)20-14-29-23(24-20)25-22(26)12-17-13-28-21-11-15(2)4-9-19(17)21/h4-9,11,13-14H,3,10,12H2,1-2H3,(H,24,25,26). The van der Waals surface area contributed by atoms with Gasteiger partial charge in [0.25, 0.3) is 0 Å². The number of nitrogens with one attached hydrogen (secondary N) is 1. The van der Waals surface area contributed by atoms with Crippen LogP contribution in [0.5, 0.6) is 5.75 Å². The Morgan fingerprint density at radius 3 is 2.83 bits per heavy atom. The lowest BCUT2D eigenvalue weighted by molar-refractivity contribution is -0.115. The van der Waals surface area contributed by atoms with E-state index in [1.54, 1.807) is 6.26 Å². The number of thiazole rings is 1. The van der Waals surface area contributed by atoms with Gasteiger partial charge in [-0.1, -0.05) is 19.1 Å². The molecule has 1 N–H and O–H groups in total. The van der Waals surface area contributed by atoms with E-state index < -0.39 is 0 Å². The second kappa shape index (κ2) is 8.49. The normalized spacial score (nSPS) is 11.0. The summed E-state index contributed by atoms with van der Waals surface area (Å²) in [5.41, 5.74) is 4.62. The molecule has 2 aromatic heterocycles. The van der Waals surface area contributed by atoms with Crippen molar-refractivity contribution in [2.24, 2.45) is 0 Å². The molecule has 0 saturated carbocycles. The van der Waals surface area contributed by atoms with E-state index >= 15 is 0 Å². The highest BCUT2D eigenvalue weighted by molar-refractivity contribution is 7.14. The second-order valence-electron chi connectivity index (χ2n) is 6.90. The van der Waals surface area contributed by atoms with Crippen LogP contribution in [-0.2, 0) is 11.2 Å². The summed E-state index contributed by atoms with van der Waals surface area (Å²) in [5, 5.41) is 6.38. The fraction of sp³-hybridized carbons (Fsp3) is 0.217. The maximum absolute atomic E-state index is 12.5. The van der Waals surface area contributed by atoms with E-state index in [1.807, 2.05) is 54.8 Å². The first-order valence-electron chi connectivity index (χ1n) is 9.57. The first kappa shape index (κ1) is 19.2. The van der Waals surface area contributed by atoms with Gasteiger partial charge in [0.2, 0.25) is 5.91 Å². The number of benzene rings is 2. The molecular formula is C23H22N2O3S. The van der Waals surface area contributed by atoms with Crippen LogP contribution in [0.25, 0.3) is 22.2 Å². The van der Waals surface area contributed by atoms with Gasteiger partial charge in [-0.15, -0.1) is 11.3 Å². The van der Waals surface area contributed by atoms with Crippen LogP contribution in [0, 0.1) is 6.92 Å². The topological polar surface area (TPSA) is 64.4 Å². The number of carbonyl (C=O) groups is 1. The molecule has 2 heterocycles. The molecule has 6 heteroatoms. The van der Waals surface area contributed by atoms with E-state index in [4.69, 9.17) is 9.15 Å². The number of amides is 1. The van der Waals surface area contributed by atoms with Crippen molar-refractivity contribution in [3.8, 4) is 17.0 Å². The third kappa shape index (κ3) is 4.49. The molecule has 0 aliphatic carbocycles. The number of hydrogen-bond donors (Lipinski definition) is 1. The number of aryl methyl sites for hydroxylation is 1. The number of anilines is 1. The van der Waals surface area contributed by atoms with E-state index in [1.165, 1.54) is 11.3 Å². The second-order valence-corrected chi connectivity index (χ2v) is 7.75. The molecule has 1 amide bonds. The molecule has 0 radical (unpaired) electrons. The van der Waals surface area contributed by atoms with Gasteiger partial charge in [-0.2, -0.15) is 0 Å². The summed E-state index contributed by atoms with van der Waals surface area (Å²) in [6, 6.07) is 13.8. The minimum atomic E-state index is -0.113. The quantitative estimate of drug-likeness (QED) is 0.419. The molecule has 0 saturated heterocycles. The molecule has 0 bridgehead atoms. The summed E-state index contributed by atoms with van der Waals surface area (Å²) in [5.74, 6) is 0.736. The van der Waals surface area contributed by atoms with Gasteiger partial charge in [-0.25, -0.2) is 4.98 Å². The van der Waals surface area contributed by atoms with E-state index in [9.17, 15) is 4.79 Å². The monoisotopic (exact) mass is 406 g/mol. The molecule has 5 nitrogen and oxygen atoms in total. The fourth-order valence-electron chi connectivity index (χ4n) is 3.07. The average Bonchev–Trinajstić information content (AvgIpc) is 3.34. The van der Waals surface area contributed by atoms with Gasteiger partial charge in [0.05, 0.1) is 25.0 Å². The van der Waals surface area contributed by atoms with Gasteiger partial charge in [-0.3, -0.25) is 4.79 Å². The van der Waals surface area contributed by atoms with E-state index in [0.29, 0.717) is 11.7 Å². The highest BCUT2D eigenvalue weighted by Gasteiger charge is 2.13. The zero-order valence-electron chi connectivity index (χ0n) is 16.4. The zero-order chi connectivity index (χ0) is 20.2. The summed E-state index contributed by atoms with van der Waals surface area (Å²) >= 11 is 1.41. The van der Waals surface area contributed by atoms with Gasteiger partial charge >= 0.3 is 0 Å². The third-order valence-electron chi connectivity index (χ3n) is 4.54. The lowest BCUT2D eigenvalue weighted by Crippen LogP contribution is -2.13. The number of nitrogens with zero attached hydrogens (tertiary/aromatic N) is 1. The molecule has 0 aliphatic rings. The highest BCUT2D eigenvalue weighted by Crippen LogP contribution is 2.27. The third-order valence-corrected chi connectivity index (χ3v) is 5.29. The molecule has 2 aromatic carbocycles. The van der Waals surface area contributed by atoms with Crippen molar-refractivity contribution in [1.29, 1.82) is 0 Å². The van der Waals surface area contributed by atoms with Crippen molar-refractivity contribution in [2.45, 2.75) is 26.7 Å². The number of carbonyl (C=O) groups excluding carboxylic acids is 1. The van der Waals surface area contributed by atoms with Crippen molar-refractivity contribution >= 4 is 33.3 Å². The van der Waals surface area contributed by atoms with Crippen molar-refractivity contribution in [3.05, 3.63) is 65.2 Å². The van der Waals surface area contributed by atoms with Crippen LogP contribution in [0.3, 0.4) is 0 Å². The molecule has 0 atom stereocenters. The lowest BCUT2D eigenvalue weighted by Gasteiger charge is -2.04. The number of furan rings is 1. The van der Waals surface area contributed by atoms with Crippen LogP contribution in [-0.4, -0.2) is 17.5 Å². The lowest BCUT2D eigenvalue weighted by atomic mass is 10.1. The zero-order valence-corrected chi connectivity index (χ0v) is 17.2. The average molecular weight is 407 g/mol.